The van der Waals surface area contributed by atoms with Gasteiger partial charge >= 0.3 is 11.8 Å². The molecule has 0 bridgehead atoms. The monoisotopic (exact) mass is 376 g/mol. The Morgan fingerprint density at radius 1 is 0.750 bits per heavy atom. The molecule has 0 aliphatic heterocycles. The van der Waals surface area contributed by atoms with Crippen molar-refractivity contribution in [2.75, 3.05) is 6.54 Å². The number of amides is 2. The van der Waals surface area contributed by atoms with E-state index < -0.39 is 17.9 Å². The van der Waals surface area contributed by atoms with Gasteiger partial charge in [-0.1, -0.05) is 72.8 Å². The van der Waals surface area contributed by atoms with Gasteiger partial charge in [-0.25, -0.2) is 4.39 Å². The number of hydrogen-bond donors (Lipinski definition) is 2. The van der Waals surface area contributed by atoms with Crippen LogP contribution in [0.1, 0.15) is 22.7 Å². The third-order valence-corrected chi connectivity index (χ3v) is 4.36. The van der Waals surface area contributed by atoms with Crippen molar-refractivity contribution in [1.82, 2.24) is 10.6 Å². The van der Waals surface area contributed by atoms with Crippen molar-refractivity contribution in [2.24, 2.45) is 0 Å². The summed E-state index contributed by atoms with van der Waals surface area (Å²) in [6.07, 6.45) is 0.514. The molecule has 0 unspecified atom stereocenters. The fraction of sp³-hybridized carbons (Fsp3) is 0.130. The Morgan fingerprint density at radius 2 is 1.29 bits per heavy atom. The van der Waals surface area contributed by atoms with E-state index in [0.29, 0.717) is 13.0 Å². The molecule has 0 saturated carbocycles. The van der Waals surface area contributed by atoms with E-state index in [1.165, 1.54) is 12.1 Å². The maximum Gasteiger partial charge on any atom is 0.310 e. The fourth-order valence-electron chi connectivity index (χ4n) is 2.90. The van der Waals surface area contributed by atoms with Crippen LogP contribution in [-0.2, 0) is 16.0 Å². The second-order valence-corrected chi connectivity index (χ2v) is 6.36. The Morgan fingerprint density at radius 3 is 1.82 bits per heavy atom. The molecule has 2 amide bonds. The van der Waals surface area contributed by atoms with Crippen LogP contribution in [0.2, 0.25) is 0 Å². The van der Waals surface area contributed by atoms with Crippen LogP contribution in [0.4, 0.5) is 4.39 Å². The third-order valence-electron chi connectivity index (χ3n) is 4.36. The normalized spacial score (nSPS) is 10.5. The van der Waals surface area contributed by atoms with E-state index >= 15 is 0 Å². The van der Waals surface area contributed by atoms with Crippen molar-refractivity contribution in [1.29, 1.82) is 0 Å². The molecule has 5 heteroatoms. The molecule has 142 valence electrons. The minimum Gasteiger partial charge on any atom is -0.348 e. The van der Waals surface area contributed by atoms with E-state index in [1.54, 1.807) is 12.1 Å². The van der Waals surface area contributed by atoms with Gasteiger partial charge in [0.25, 0.3) is 0 Å². The maximum absolute atomic E-state index is 12.9. The lowest BCUT2D eigenvalue weighted by molar-refractivity contribution is -0.139. The smallest absolute Gasteiger partial charge is 0.310 e. The molecule has 2 N–H and O–H groups in total. The number of benzene rings is 3. The van der Waals surface area contributed by atoms with E-state index in [2.05, 4.69) is 10.6 Å². The minimum atomic E-state index is -0.697. The zero-order chi connectivity index (χ0) is 19.8. The Bertz CT molecular complexity index is 873. The van der Waals surface area contributed by atoms with Gasteiger partial charge in [-0.15, -0.1) is 0 Å². The van der Waals surface area contributed by atoms with Crippen LogP contribution in [0.5, 0.6) is 0 Å². The van der Waals surface area contributed by atoms with E-state index in [4.69, 9.17) is 0 Å². The average molecular weight is 376 g/mol. The van der Waals surface area contributed by atoms with Crippen LogP contribution in [0.3, 0.4) is 0 Å². The Labute approximate surface area is 163 Å². The predicted molar refractivity (Wildman–Crippen MR) is 106 cm³/mol. The summed E-state index contributed by atoms with van der Waals surface area (Å²) >= 11 is 0. The summed E-state index contributed by atoms with van der Waals surface area (Å²) in [5, 5.41) is 5.41. The van der Waals surface area contributed by atoms with Gasteiger partial charge in [-0.05, 0) is 35.2 Å². The molecule has 0 aliphatic carbocycles. The van der Waals surface area contributed by atoms with Gasteiger partial charge in [0.1, 0.15) is 5.82 Å². The van der Waals surface area contributed by atoms with E-state index in [0.717, 1.165) is 16.7 Å². The molecular weight excluding hydrogens is 355 g/mol. The van der Waals surface area contributed by atoms with Gasteiger partial charge in [0.2, 0.25) is 0 Å². The molecule has 0 atom stereocenters. The topological polar surface area (TPSA) is 58.2 Å². The van der Waals surface area contributed by atoms with Crippen LogP contribution < -0.4 is 10.6 Å². The molecule has 0 saturated heterocycles. The standard InChI is InChI=1S/C23H21FN2O2/c24-20-13-11-17(12-14-20)15-16-25-22(27)23(28)26-21(18-7-3-1-4-8-18)19-9-5-2-6-10-19/h1-14,21H,15-16H2,(H,25,27)(H,26,28). The highest BCUT2D eigenvalue weighted by molar-refractivity contribution is 6.35. The van der Waals surface area contributed by atoms with Crippen molar-refractivity contribution in [3.8, 4) is 0 Å². The van der Waals surface area contributed by atoms with Crippen molar-refractivity contribution in [2.45, 2.75) is 12.5 Å². The van der Waals surface area contributed by atoms with E-state index in [9.17, 15) is 14.0 Å². The van der Waals surface area contributed by atoms with Crippen LogP contribution in [0, 0.1) is 5.82 Å². The second-order valence-electron chi connectivity index (χ2n) is 6.36. The summed E-state index contributed by atoms with van der Waals surface area (Å²) < 4.78 is 12.9. The van der Waals surface area contributed by atoms with Gasteiger partial charge in [-0.3, -0.25) is 9.59 Å². The number of nitrogens with one attached hydrogen (secondary N) is 2. The molecule has 0 aliphatic rings. The largest absolute Gasteiger partial charge is 0.348 e. The van der Waals surface area contributed by atoms with Gasteiger partial charge < -0.3 is 10.6 Å². The molecule has 4 nitrogen and oxygen atoms in total. The lowest BCUT2D eigenvalue weighted by Crippen LogP contribution is -2.42. The second kappa shape index (κ2) is 9.46. The highest BCUT2D eigenvalue weighted by Gasteiger charge is 2.20. The summed E-state index contributed by atoms with van der Waals surface area (Å²) in [7, 11) is 0. The van der Waals surface area contributed by atoms with Gasteiger partial charge in [0, 0.05) is 6.54 Å². The molecule has 0 fully saturated rings. The first-order chi connectivity index (χ1) is 13.6. The van der Waals surface area contributed by atoms with Crippen LogP contribution in [0.15, 0.2) is 84.9 Å². The third kappa shape index (κ3) is 5.27. The molecule has 0 spiro atoms. The van der Waals surface area contributed by atoms with Crippen molar-refractivity contribution >= 4 is 11.8 Å². The quantitative estimate of drug-likeness (QED) is 0.648. The fourth-order valence-corrected chi connectivity index (χ4v) is 2.90. The lowest BCUT2D eigenvalue weighted by atomic mass is 9.99. The predicted octanol–water partition coefficient (Wildman–Crippen LogP) is 3.39. The summed E-state index contributed by atoms with van der Waals surface area (Å²) in [6.45, 7) is 0.291. The SMILES string of the molecule is O=C(NCCc1ccc(F)cc1)C(=O)NC(c1ccccc1)c1ccccc1. The Hall–Kier alpha value is -3.47. The van der Waals surface area contributed by atoms with Crippen molar-refractivity contribution in [3.05, 3.63) is 107 Å². The molecular formula is C23H21FN2O2. The summed E-state index contributed by atoms with van der Waals surface area (Å²) in [6, 6.07) is 24.6. The zero-order valence-electron chi connectivity index (χ0n) is 15.3. The van der Waals surface area contributed by atoms with Crippen LogP contribution in [0.25, 0.3) is 0 Å². The summed E-state index contributed by atoms with van der Waals surface area (Å²) in [5.41, 5.74) is 2.66. The van der Waals surface area contributed by atoms with Gasteiger partial charge in [0.15, 0.2) is 0 Å². The maximum atomic E-state index is 12.9. The first kappa shape index (κ1) is 19.3. The van der Waals surface area contributed by atoms with Gasteiger partial charge in [0.05, 0.1) is 6.04 Å². The highest BCUT2D eigenvalue weighted by atomic mass is 19.1. The molecule has 0 aromatic heterocycles. The summed E-state index contributed by atoms with van der Waals surface area (Å²) in [4.78, 5) is 24.6. The van der Waals surface area contributed by atoms with Crippen molar-refractivity contribution in [3.63, 3.8) is 0 Å². The number of halogens is 1. The highest BCUT2D eigenvalue weighted by Crippen LogP contribution is 2.21. The number of rotatable bonds is 6. The minimum absolute atomic E-state index is 0.291. The molecule has 0 heterocycles. The number of carbonyl (C=O) groups excluding carboxylic acids is 2. The number of carbonyl (C=O) groups is 2. The summed E-state index contributed by atoms with van der Waals surface area (Å²) in [5.74, 6) is -1.70. The molecule has 3 aromatic carbocycles. The van der Waals surface area contributed by atoms with Crippen LogP contribution >= 0.6 is 0 Å². The van der Waals surface area contributed by atoms with E-state index in [-0.39, 0.29) is 5.82 Å². The van der Waals surface area contributed by atoms with E-state index in [1.807, 2.05) is 60.7 Å². The number of hydrogen-bond acceptors (Lipinski definition) is 2. The zero-order valence-corrected chi connectivity index (χ0v) is 15.3. The van der Waals surface area contributed by atoms with Crippen LogP contribution in [-0.4, -0.2) is 18.4 Å². The first-order valence-corrected chi connectivity index (χ1v) is 9.06. The first-order valence-electron chi connectivity index (χ1n) is 9.06. The molecule has 3 aromatic rings. The van der Waals surface area contributed by atoms with Gasteiger partial charge in [-0.2, -0.15) is 0 Å². The molecule has 28 heavy (non-hydrogen) atoms. The Kier molecular flexibility index (Phi) is 6.52. The molecule has 0 radical (unpaired) electrons. The molecule has 3 rings (SSSR count). The average Bonchev–Trinajstić information content (AvgIpc) is 2.74. The lowest BCUT2D eigenvalue weighted by Gasteiger charge is -2.19. The Balaban J connectivity index is 1.61. The van der Waals surface area contributed by atoms with Crippen molar-refractivity contribution < 1.29 is 14.0 Å².